The maximum Gasteiger partial charge on any atom is 0.0931 e. The quantitative estimate of drug-likeness (QED) is 0.742. The van der Waals surface area contributed by atoms with Crippen LogP contribution >= 0.6 is 22.9 Å². The van der Waals surface area contributed by atoms with Crippen LogP contribution in [0.5, 0.6) is 0 Å². The van der Waals surface area contributed by atoms with Crippen molar-refractivity contribution in [2.45, 2.75) is 58.4 Å². The second-order valence-electron chi connectivity index (χ2n) is 6.13. The zero-order valence-corrected chi connectivity index (χ0v) is 13.7. The van der Waals surface area contributed by atoms with Crippen molar-refractivity contribution in [3.8, 4) is 0 Å². The zero-order valence-electron chi connectivity index (χ0n) is 12.1. The number of hydrogen-bond acceptors (Lipinski definition) is 2. The van der Waals surface area contributed by atoms with E-state index in [1.807, 2.05) is 6.07 Å². The van der Waals surface area contributed by atoms with Gasteiger partial charge in [-0.05, 0) is 49.8 Å². The van der Waals surface area contributed by atoms with Crippen LogP contribution in [0.2, 0.25) is 4.34 Å². The fourth-order valence-electron chi connectivity index (χ4n) is 3.11. The van der Waals surface area contributed by atoms with Gasteiger partial charge in [0.25, 0.3) is 0 Å². The second-order valence-corrected chi connectivity index (χ2v) is 7.93. The van der Waals surface area contributed by atoms with Crippen molar-refractivity contribution in [1.82, 2.24) is 5.32 Å². The summed E-state index contributed by atoms with van der Waals surface area (Å²) in [6.07, 6.45) is 8.24. The topological polar surface area (TPSA) is 12.0 Å². The third kappa shape index (κ3) is 5.09. The molecule has 1 nitrogen and oxygen atoms in total. The highest BCUT2D eigenvalue weighted by atomic mass is 35.5. The molecule has 3 heteroatoms. The molecule has 1 saturated carbocycles. The van der Waals surface area contributed by atoms with Crippen LogP contribution in [0, 0.1) is 11.8 Å². The highest BCUT2D eigenvalue weighted by Gasteiger charge is 2.24. The van der Waals surface area contributed by atoms with E-state index in [1.54, 1.807) is 11.3 Å². The Morgan fingerprint density at radius 1 is 1.21 bits per heavy atom. The monoisotopic (exact) mass is 299 g/mol. The molecule has 1 fully saturated rings. The molecule has 0 radical (unpaired) electrons. The van der Waals surface area contributed by atoms with Gasteiger partial charge in [0, 0.05) is 10.9 Å². The normalized spacial score (nSPS) is 24.6. The number of hydrogen-bond donors (Lipinski definition) is 1. The smallest absolute Gasteiger partial charge is 0.0931 e. The van der Waals surface area contributed by atoms with Gasteiger partial charge in [0.2, 0.25) is 0 Å². The number of rotatable bonds is 5. The van der Waals surface area contributed by atoms with Gasteiger partial charge in [0.15, 0.2) is 0 Å². The van der Waals surface area contributed by atoms with E-state index in [4.69, 9.17) is 11.6 Å². The van der Waals surface area contributed by atoms with Crippen molar-refractivity contribution in [3.63, 3.8) is 0 Å². The third-order valence-corrected chi connectivity index (χ3v) is 5.45. The zero-order chi connectivity index (χ0) is 13.7. The van der Waals surface area contributed by atoms with Gasteiger partial charge in [0.1, 0.15) is 0 Å². The standard InChI is InChI=1S/C16H26ClNS/c1-12(2)18-11-14-7-5-3-4-6-13(14)10-15-8-9-16(17)19-15/h8-9,12-14,18H,3-7,10-11H2,1-2H3. The maximum absolute atomic E-state index is 6.06. The largest absolute Gasteiger partial charge is 0.314 e. The first-order valence-corrected chi connectivity index (χ1v) is 8.82. The second kappa shape index (κ2) is 7.66. The molecule has 1 aliphatic carbocycles. The van der Waals surface area contributed by atoms with Gasteiger partial charge in [-0.15, -0.1) is 11.3 Å². The lowest BCUT2D eigenvalue weighted by molar-refractivity contribution is 0.292. The predicted octanol–water partition coefficient (Wildman–Crippen LogP) is 5.14. The summed E-state index contributed by atoms with van der Waals surface area (Å²) < 4.78 is 0.931. The lowest BCUT2D eigenvalue weighted by Crippen LogP contribution is -2.32. The van der Waals surface area contributed by atoms with Crippen molar-refractivity contribution in [1.29, 1.82) is 0 Å². The summed E-state index contributed by atoms with van der Waals surface area (Å²) in [4.78, 5) is 1.46. The first-order valence-electron chi connectivity index (χ1n) is 7.62. The van der Waals surface area contributed by atoms with Crippen molar-refractivity contribution < 1.29 is 0 Å². The first-order chi connectivity index (χ1) is 9.15. The predicted molar refractivity (Wildman–Crippen MR) is 86.2 cm³/mol. The van der Waals surface area contributed by atoms with Crippen molar-refractivity contribution >= 4 is 22.9 Å². The van der Waals surface area contributed by atoms with Gasteiger partial charge in [0.05, 0.1) is 4.34 Å². The summed E-state index contributed by atoms with van der Waals surface area (Å²) >= 11 is 7.82. The molecule has 1 N–H and O–H groups in total. The molecule has 0 aliphatic heterocycles. The fourth-order valence-corrected chi connectivity index (χ4v) is 4.29. The summed E-state index contributed by atoms with van der Waals surface area (Å²) in [6.45, 7) is 5.66. The average molecular weight is 300 g/mol. The van der Waals surface area contributed by atoms with Crippen LogP contribution in [-0.2, 0) is 6.42 Å². The van der Waals surface area contributed by atoms with E-state index >= 15 is 0 Å². The van der Waals surface area contributed by atoms with E-state index in [-0.39, 0.29) is 0 Å². The molecule has 0 bridgehead atoms. The average Bonchev–Trinajstić information content (AvgIpc) is 2.64. The summed E-state index contributed by atoms with van der Waals surface area (Å²) in [5.41, 5.74) is 0. The molecule has 0 amide bonds. The van der Waals surface area contributed by atoms with Crippen LogP contribution in [-0.4, -0.2) is 12.6 Å². The lowest BCUT2D eigenvalue weighted by atomic mass is 9.85. The summed E-state index contributed by atoms with van der Waals surface area (Å²) in [5, 5.41) is 3.64. The molecule has 1 aromatic heterocycles. The number of nitrogens with one attached hydrogen (secondary N) is 1. The number of halogens is 1. The summed E-state index contributed by atoms with van der Waals surface area (Å²) in [6, 6.07) is 4.85. The Labute approximate surface area is 126 Å². The Morgan fingerprint density at radius 3 is 2.58 bits per heavy atom. The first kappa shape index (κ1) is 15.3. The van der Waals surface area contributed by atoms with Crippen molar-refractivity contribution in [2.75, 3.05) is 6.54 Å². The third-order valence-electron chi connectivity index (χ3n) is 4.20. The van der Waals surface area contributed by atoms with Crippen molar-refractivity contribution in [2.24, 2.45) is 11.8 Å². The Hall–Kier alpha value is -0.0500. The summed E-state index contributed by atoms with van der Waals surface area (Å²) in [7, 11) is 0. The molecule has 0 spiro atoms. The van der Waals surface area contributed by atoms with Crippen molar-refractivity contribution in [3.05, 3.63) is 21.3 Å². The number of thiophene rings is 1. The maximum atomic E-state index is 6.06. The van der Waals surface area contributed by atoms with Crippen LogP contribution in [0.4, 0.5) is 0 Å². The molecular weight excluding hydrogens is 274 g/mol. The highest BCUT2D eigenvalue weighted by molar-refractivity contribution is 7.16. The minimum atomic E-state index is 0.597. The van der Waals surface area contributed by atoms with Crippen LogP contribution in [0.25, 0.3) is 0 Å². The molecule has 0 aromatic carbocycles. The molecule has 2 unspecified atom stereocenters. The molecule has 2 rings (SSSR count). The molecule has 2 atom stereocenters. The van der Waals surface area contributed by atoms with Crippen LogP contribution in [0.3, 0.4) is 0 Å². The Balaban J connectivity index is 1.95. The molecule has 1 aromatic rings. The highest BCUT2D eigenvalue weighted by Crippen LogP contribution is 2.33. The van der Waals surface area contributed by atoms with Gasteiger partial charge in [-0.3, -0.25) is 0 Å². The summed E-state index contributed by atoms with van der Waals surface area (Å²) in [5.74, 6) is 1.68. The van der Waals surface area contributed by atoms with E-state index in [9.17, 15) is 0 Å². The van der Waals surface area contributed by atoms with Gasteiger partial charge >= 0.3 is 0 Å². The molecule has 1 aliphatic rings. The van der Waals surface area contributed by atoms with E-state index in [0.717, 1.165) is 16.2 Å². The molecule has 108 valence electrons. The lowest BCUT2D eigenvalue weighted by Gasteiger charge is -2.26. The molecular formula is C16H26ClNS. The molecule has 1 heterocycles. The van der Waals surface area contributed by atoms with Crippen LogP contribution in [0.15, 0.2) is 12.1 Å². The van der Waals surface area contributed by atoms with Crippen LogP contribution < -0.4 is 5.32 Å². The minimum absolute atomic E-state index is 0.597. The molecule has 0 saturated heterocycles. The minimum Gasteiger partial charge on any atom is -0.314 e. The van der Waals surface area contributed by atoms with E-state index in [1.165, 1.54) is 49.9 Å². The van der Waals surface area contributed by atoms with E-state index in [0.29, 0.717) is 6.04 Å². The van der Waals surface area contributed by atoms with Gasteiger partial charge in [-0.25, -0.2) is 0 Å². The Morgan fingerprint density at radius 2 is 1.95 bits per heavy atom. The fraction of sp³-hybridized carbons (Fsp3) is 0.750. The Kier molecular flexibility index (Phi) is 6.18. The van der Waals surface area contributed by atoms with Crippen LogP contribution in [0.1, 0.15) is 50.8 Å². The van der Waals surface area contributed by atoms with E-state index < -0.39 is 0 Å². The molecule has 19 heavy (non-hydrogen) atoms. The van der Waals surface area contributed by atoms with E-state index in [2.05, 4.69) is 25.2 Å². The SMILES string of the molecule is CC(C)NCC1CCCCCC1Cc1ccc(Cl)s1. The Bertz CT molecular complexity index is 375. The van der Waals surface area contributed by atoms with Gasteiger partial charge in [-0.2, -0.15) is 0 Å². The van der Waals surface area contributed by atoms with Gasteiger partial charge < -0.3 is 5.32 Å². The van der Waals surface area contributed by atoms with Gasteiger partial charge in [-0.1, -0.05) is 44.7 Å².